The van der Waals surface area contributed by atoms with E-state index in [2.05, 4.69) is 20.1 Å². The summed E-state index contributed by atoms with van der Waals surface area (Å²) in [6.45, 7) is 5.87. The van der Waals surface area contributed by atoms with Crippen LogP contribution in [-0.2, 0) is 17.5 Å². The van der Waals surface area contributed by atoms with E-state index in [1.54, 1.807) is 18.6 Å². The van der Waals surface area contributed by atoms with Crippen molar-refractivity contribution in [3.63, 3.8) is 0 Å². The molecule has 3 heterocycles. The Hall–Kier alpha value is -2.59. The third-order valence-corrected chi connectivity index (χ3v) is 8.21. The Balaban J connectivity index is 1.07. The number of carbonyl (C=O) groups is 1. The van der Waals surface area contributed by atoms with Crippen molar-refractivity contribution in [2.45, 2.75) is 38.4 Å². The Morgan fingerprint density at radius 3 is 2.63 bits per heavy atom. The summed E-state index contributed by atoms with van der Waals surface area (Å²) in [6.07, 6.45) is 4.83. The van der Waals surface area contributed by atoms with E-state index in [4.69, 9.17) is 0 Å². The highest BCUT2D eigenvalue weighted by molar-refractivity contribution is 7.17. The van der Waals surface area contributed by atoms with Crippen LogP contribution in [0.2, 0.25) is 0 Å². The van der Waals surface area contributed by atoms with Gasteiger partial charge < -0.3 is 14.8 Å². The fourth-order valence-electron chi connectivity index (χ4n) is 4.83. The van der Waals surface area contributed by atoms with E-state index in [-0.39, 0.29) is 11.3 Å². The number of aryl methyl sites for hydroxylation is 1. The number of benzene rings is 1. The number of halogens is 3. The molecule has 0 radical (unpaired) electrons. The molecule has 1 aliphatic heterocycles. The predicted octanol–water partition coefficient (Wildman–Crippen LogP) is 4.62. The Morgan fingerprint density at radius 2 is 1.94 bits per heavy atom. The first-order valence-corrected chi connectivity index (χ1v) is 13.0. The van der Waals surface area contributed by atoms with Gasteiger partial charge >= 0.3 is 6.18 Å². The summed E-state index contributed by atoms with van der Waals surface area (Å²) in [5, 5.41) is 5.98. The van der Waals surface area contributed by atoms with Gasteiger partial charge in [0.1, 0.15) is 0 Å². The van der Waals surface area contributed by atoms with Gasteiger partial charge in [-0.05, 0) is 44.4 Å². The largest absolute Gasteiger partial charge is 0.416 e. The number of hydrogen-bond acceptors (Lipinski definition) is 5. The van der Waals surface area contributed by atoms with E-state index in [0.29, 0.717) is 11.2 Å². The fraction of sp³-hybridized carbons (Fsp3) is 0.520. The highest BCUT2D eigenvalue weighted by Gasteiger charge is 2.49. The molecular weight excluding hydrogens is 475 g/mol. The Kier molecular flexibility index (Phi) is 6.76. The van der Waals surface area contributed by atoms with Crippen LogP contribution < -0.4 is 10.2 Å². The van der Waals surface area contributed by atoms with Crippen LogP contribution in [0.3, 0.4) is 0 Å². The number of thiophene rings is 1. The number of piperazine rings is 1. The minimum absolute atomic E-state index is 0.185. The molecule has 1 aliphatic carbocycles. The molecule has 5 rings (SSSR count). The van der Waals surface area contributed by atoms with Crippen LogP contribution >= 0.6 is 11.3 Å². The third kappa shape index (κ3) is 5.48. The summed E-state index contributed by atoms with van der Waals surface area (Å²) in [4.78, 5) is 21.4. The average Bonchev–Trinajstić information content (AvgIpc) is 3.25. The molecule has 35 heavy (non-hydrogen) atoms. The normalized spacial score (nSPS) is 18.2. The van der Waals surface area contributed by atoms with Gasteiger partial charge in [-0.25, -0.2) is 4.98 Å². The van der Waals surface area contributed by atoms with Crippen molar-refractivity contribution in [3.8, 4) is 0 Å². The fourth-order valence-corrected chi connectivity index (χ4v) is 5.84. The van der Waals surface area contributed by atoms with E-state index in [0.717, 1.165) is 76.0 Å². The lowest BCUT2D eigenvalue weighted by Gasteiger charge is -2.36. The maximum Gasteiger partial charge on any atom is 0.416 e. The minimum Gasteiger partial charge on any atom is -0.368 e. The molecule has 0 bridgehead atoms. The number of nitrogens with one attached hydrogen (secondary N) is 1. The Bertz CT molecular complexity index is 1150. The van der Waals surface area contributed by atoms with Crippen molar-refractivity contribution in [1.29, 1.82) is 0 Å². The summed E-state index contributed by atoms with van der Waals surface area (Å²) in [5.41, 5.74) is 0.220. The molecule has 3 aromatic rings. The van der Waals surface area contributed by atoms with E-state index in [1.807, 2.05) is 16.1 Å². The Labute approximate surface area is 206 Å². The maximum atomic E-state index is 13.0. The summed E-state index contributed by atoms with van der Waals surface area (Å²) in [7, 11) is 0. The SMILES string of the molecule is O=C(NCCCn1ccnc1)C1(CCN2CCN(c3csc4cc(C(F)(F)F)ccc34)CC2)CC1. The van der Waals surface area contributed by atoms with Crippen LogP contribution in [0.1, 0.15) is 31.2 Å². The lowest BCUT2D eigenvalue weighted by molar-refractivity contribution is -0.137. The zero-order valence-electron chi connectivity index (χ0n) is 19.6. The molecule has 2 aromatic heterocycles. The van der Waals surface area contributed by atoms with Gasteiger partial charge in [-0.2, -0.15) is 13.2 Å². The first-order valence-electron chi connectivity index (χ1n) is 12.1. The number of imidazole rings is 1. The molecule has 1 saturated carbocycles. The van der Waals surface area contributed by atoms with Crippen molar-refractivity contribution in [3.05, 3.63) is 47.9 Å². The molecule has 1 aromatic carbocycles. The van der Waals surface area contributed by atoms with Crippen molar-refractivity contribution < 1.29 is 18.0 Å². The van der Waals surface area contributed by atoms with E-state index < -0.39 is 11.7 Å². The van der Waals surface area contributed by atoms with E-state index in [1.165, 1.54) is 23.5 Å². The first kappa shape index (κ1) is 24.1. The van der Waals surface area contributed by atoms with Gasteiger partial charge in [0.25, 0.3) is 0 Å². The quantitative estimate of drug-likeness (QED) is 0.432. The molecule has 1 amide bonds. The second-order valence-electron chi connectivity index (χ2n) is 9.60. The highest BCUT2D eigenvalue weighted by atomic mass is 32.1. The standard InChI is InChI=1S/C25H30F3N5OS/c26-25(27,28)19-2-3-20-21(17-35-22(20)16-19)33-14-12-31(13-15-33)10-6-24(4-5-24)23(34)30-7-1-9-32-11-8-29-18-32/h2-3,8,11,16-18H,1,4-7,9-10,12-15H2,(H,30,34). The summed E-state index contributed by atoms with van der Waals surface area (Å²) >= 11 is 1.37. The number of amides is 1. The van der Waals surface area contributed by atoms with Gasteiger partial charge in [-0.1, -0.05) is 6.07 Å². The molecule has 0 atom stereocenters. The molecule has 1 saturated heterocycles. The summed E-state index contributed by atoms with van der Waals surface area (Å²) in [5.74, 6) is 0.185. The molecular formula is C25H30F3N5OS. The van der Waals surface area contributed by atoms with Crippen LogP contribution in [0.15, 0.2) is 42.3 Å². The van der Waals surface area contributed by atoms with Crippen molar-refractivity contribution in [2.24, 2.45) is 5.41 Å². The molecule has 0 unspecified atom stereocenters. The second-order valence-corrected chi connectivity index (χ2v) is 10.5. The number of fused-ring (bicyclic) bond motifs is 1. The number of carbonyl (C=O) groups excluding carboxylic acids is 1. The van der Waals surface area contributed by atoms with Gasteiger partial charge in [0.05, 0.1) is 23.0 Å². The molecule has 10 heteroatoms. The highest BCUT2D eigenvalue weighted by Crippen LogP contribution is 2.49. The van der Waals surface area contributed by atoms with Gasteiger partial charge in [0.15, 0.2) is 0 Å². The smallest absolute Gasteiger partial charge is 0.368 e. The number of nitrogens with zero attached hydrogens (tertiary/aromatic N) is 4. The van der Waals surface area contributed by atoms with Crippen LogP contribution in [0.4, 0.5) is 18.9 Å². The maximum absolute atomic E-state index is 13.0. The number of aromatic nitrogens is 2. The monoisotopic (exact) mass is 505 g/mol. The van der Waals surface area contributed by atoms with Gasteiger partial charge in [0.2, 0.25) is 5.91 Å². The van der Waals surface area contributed by atoms with Crippen LogP contribution in [0.5, 0.6) is 0 Å². The molecule has 2 fully saturated rings. The third-order valence-electron chi connectivity index (χ3n) is 7.28. The van der Waals surface area contributed by atoms with Crippen LogP contribution in [-0.4, -0.2) is 59.6 Å². The molecule has 0 spiro atoms. The van der Waals surface area contributed by atoms with E-state index in [9.17, 15) is 18.0 Å². The molecule has 1 N–H and O–H groups in total. The lowest BCUT2D eigenvalue weighted by atomic mass is 10.0. The van der Waals surface area contributed by atoms with Crippen molar-refractivity contribution in [2.75, 3.05) is 44.2 Å². The number of anilines is 1. The van der Waals surface area contributed by atoms with E-state index >= 15 is 0 Å². The minimum atomic E-state index is -4.32. The average molecular weight is 506 g/mol. The zero-order valence-corrected chi connectivity index (χ0v) is 20.4. The Morgan fingerprint density at radius 1 is 1.14 bits per heavy atom. The topological polar surface area (TPSA) is 53.4 Å². The number of rotatable bonds is 9. The molecule has 188 valence electrons. The number of alkyl halides is 3. The van der Waals surface area contributed by atoms with Crippen molar-refractivity contribution >= 4 is 33.0 Å². The molecule has 2 aliphatic rings. The summed E-state index contributed by atoms with van der Waals surface area (Å²) in [6, 6.07) is 4.02. The second kappa shape index (κ2) is 9.81. The first-order chi connectivity index (χ1) is 16.8. The lowest BCUT2D eigenvalue weighted by Crippen LogP contribution is -2.47. The summed E-state index contributed by atoms with van der Waals surface area (Å²) < 4.78 is 41.7. The van der Waals surface area contributed by atoms with Crippen molar-refractivity contribution in [1.82, 2.24) is 19.8 Å². The van der Waals surface area contributed by atoms with Crippen LogP contribution in [0, 0.1) is 5.41 Å². The molecule has 6 nitrogen and oxygen atoms in total. The zero-order chi connectivity index (χ0) is 24.5. The van der Waals surface area contributed by atoms with Gasteiger partial charge in [-0.3, -0.25) is 9.69 Å². The number of hydrogen-bond donors (Lipinski definition) is 1. The van der Waals surface area contributed by atoms with Crippen LogP contribution in [0.25, 0.3) is 10.1 Å². The predicted molar refractivity (Wildman–Crippen MR) is 132 cm³/mol. The van der Waals surface area contributed by atoms with Gasteiger partial charge in [-0.15, -0.1) is 11.3 Å². The van der Waals surface area contributed by atoms with Gasteiger partial charge in [0, 0.05) is 67.1 Å².